The number of nitrogens with one attached hydrogen (secondary N) is 2. The lowest BCUT2D eigenvalue weighted by Crippen LogP contribution is -3.14. The molecule has 11 heteroatoms. The summed E-state index contributed by atoms with van der Waals surface area (Å²) in [6.45, 7) is 2.58. The third-order valence-corrected chi connectivity index (χ3v) is 8.69. The van der Waals surface area contributed by atoms with Crippen molar-refractivity contribution < 1.29 is 26.9 Å². The van der Waals surface area contributed by atoms with Gasteiger partial charge in [0.15, 0.2) is 0 Å². The van der Waals surface area contributed by atoms with E-state index in [0.717, 1.165) is 54.0 Å². The Morgan fingerprint density at radius 1 is 1.15 bits per heavy atom. The average molecular weight is 491 g/mol. The number of urea groups is 1. The van der Waals surface area contributed by atoms with E-state index >= 15 is 0 Å². The number of nitrogens with zero attached hydrogens (tertiary/aromatic N) is 2. The summed E-state index contributed by atoms with van der Waals surface area (Å²) in [5, 5.41) is 19.8. The second kappa shape index (κ2) is 9.29. The Hall–Kier alpha value is -2.47. The molecule has 1 atom stereocenters. The molecule has 0 spiro atoms. The molecule has 2 N–H and O–H groups in total. The molecule has 0 saturated carbocycles. The number of carbonyl (C=O) groups is 1. The zero-order chi connectivity index (χ0) is 23.9. The van der Waals surface area contributed by atoms with Gasteiger partial charge in [-0.25, -0.2) is 4.79 Å². The standard InChI is InChI=1S/C23H30N4O6S/c1-2-17-14-21(33-25-17)26(18-9-11-32-12-10-18)34(30,31)27(29)23(28)24-22-19-7-3-5-15(19)13-16-6-4-8-20(16)22/h13-14,18,27H,2-12H2,1H3,(H,24,28). The largest absolute Gasteiger partial charge is 0.608 e. The Kier molecular flexibility index (Phi) is 6.36. The molecule has 1 aromatic carbocycles. The number of aromatic nitrogens is 1. The van der Waals surface area contributed by atoms with E-state index in [4.69, 9.17) is 9.26 Å². The molecule has 0 bridgehead atoms. The van der Waals surface area contributed by atoms with Crippen LogP contribution in [-0.4, -0.2) is 38.9 Å². The van der Waals surface area contributed by atoms with Gasteiger partial charge in [-0.05, 0) is 80.0 Å². The summed E-state index contributed by atoms with van der Waals surface area (Å²) in [6, 6.07) is 2.02. The minimum atomic E-state index is -4.70. The second-order valence-electron chi connectivity index (χ2n) is 9.13. The highest BCUT2D eigenvalue weighted by Crippen LogP contribution is 2.38. The summed E-state index contributed by atoms with van der Waals surface area (Å²) in [5.74, 6) is -0.0496. The number of aryl methyl sites for hydroxylation is 3. The number of quaternary nitrogens is 1. The highest BCUT2D eigenvalue weighted by atomic mass is 32.2. The first kappa shape index (κ1) is 23.3. The molecule has 2 heterocycles. The van der Waals surface area contributed by atoms with Crippen LogP contribution in [0.1, 0.15) is 60.6 Å². The van der Waals surface area contributed by atoms with Gasteiger partial charge in [0.1, 0.15) is 0 Å². The summed E-state index contributed by atoms with van der Waals surface area (Å²) in [7, 11) is -4.70. The zero-order valence-corrected chi connectivity index (χ0v) is 20.1. The van der Waals surface area contributed by atoms with E-state index in [-0.39, 0.29) is 5.88 Å². The summed E-state index contributed by atoms with van der Waals surface area (Å²) in [6.07, 6.45) is 6.76. The molecule has 5 rings (SSSR count). The van der Waals surface area contributed by atoms with Crippen LogP contribution in [0.3, 0.4) is 0 Å². The van der Waals surface area contributed by atoms with Gasteiger partial charge in [-0.1, -0.05) is 18.1 Å². The number of anilines is 2. The van der Waals surface area contributed by atoms with Gasteiger partial charge in [0, 0.05) is 19.3 Å². The molecule has 1 aromatic heterocycles. The molecular formula is C23H30N4O6S. The molecule has 3 aliphatic rings. The number of benzene rings is 1. The Labute approximate surface area is 199 Å². The lowest BCUT2D eigenvalue weighted by molar-refractivity contribution is -0.604. The van der Waals surface area contributed by atoms with Crippen LogP contribution in [0.25, 0.3) is 0 Å². The van der Waals surface area contributed by atoms with Crippen LogP contribution in [0.5, 0.6) is 0 Å². The first-order chi connectivity index (χ1) is 16.4. The minimum Gasteiger partial charge on any atom is -0.608 e. The monoisotopic (exact) mass is 490 g/mol. The van der Waals surface area contributed by atoms with Crippen molar-refractivity contribution in [1.29, 1.82) is 0 Å². The van der Waals surface area contributed by atoms with Crippen molar-refractivity contribution in [3.8, 4) is 0 Å². The van der Waals surface area contributed by atoms with Crippen LogP contribution in [0, 0.1) is 5.21 Å². The van der Waals surface area contributed by atoms with Crippen LogP contribution < -0.4 is 14.1 Å². The average Bonchev–Trinajstić information content (AvgIpc) is 3.59. The van der Waals surface area contributed by atoms with Crippen molar-refractivity contribution >= 4 is 27.8 Å². The summed E-state index contributed by atoms with van der Waals surface area (Å²) in [5.41, 5.74) is 5.63. The van der Waals surface area contributed by atoms with Gasteiger partial charge in [-0.15, -0.1) is 0 Å². The molecule has 1 unspecified atom stereocenters. The van der Waals surface area contributed by atoms with Crippen LogP contribution in [0.15, 0.2) is 16.7 Å². The number of fused-ring (bicyclic) bond motifs is 2. The molecule has 1 fully saturated rings. The van der Waals surface area contributed by atoms with Crippen molar-refractivity contribution in [1.82, 2.24) is 5.16 Å². The van der Waals surface area contributed by atoms with E-state index in [2.05, 4.69) is 16.5 Å². The van der Waals surface area contributed by atoms with E-state index in [0.29, 0.717) is 43.9 Å². The fraction of sp³-hybridized carbons (Fsp3) is 0.565. The molecule has 1 aliphatic heterocycles. The van der Waals surface area contributed by atoms with Gasteiger partial charge in [-0.2, -0.15) is 17.2 Å². The smallest absolute Gasteiger partial charge is 0.436 e. The van der Waals surface area contributed by atoms with E-state index < -0.39 is 26.8 Å². The number of rotatable bonds is 6. The van der Waals surface area contributed by atoms with Crippen LogP contribution in [0.4, 0.5) is 16.4 Å². The number of hydrogen-bond donors (Lipinski definition) is 2. The quantitative estimate of drug-likeness (QED) is 0.593. The summed E-state index contributed by atoms with van der Waals surface area (Å²) in [4.78, 5) is 13.1. The van der Waals surface area contributed by atoms with Crippen molar-refractivity contribution in [2.75, 3.05) is 22.8 Å². The van der Waals surface area contributed by atoms with Gasteiger partial charge in [0.25, 0.3) is 0 Å². The predicted molar refractivity (Wildman–Crippen MR) is 125 cm³/mol. The van der Waals surface area contributed by atoms with Crippen molar-refractivity contribution in [3.63, 3.8) is 0 Å². The van der Waals surface area contributed by atoms with Crippen molar-refractivity contribution in [2.45, 2.75) is 70.8 Å². The summed E-state index contributed by atoms with van der Waals surface area (Å²) < 4.78 is 37.1. The van der Waals surface area contributed by atoms with Gasteiger partial charge in [0.05, 0.1) is 17.4 Å². The molecule has 10 nitrogen and oxygen atoms in total. The fourth-order valence-corrected chi connectivity index (χ4v) is 6.71. The van der Waals surface area contributed by atoms with Gasteiger partial charge >= 0.3 is 16.2 Å². The predicted octanol–water partition coefficient (Wildman–Crippen LogP) is 2.06. The van der Waals surface area contributed by atoms with Gasteiger partial charge in [0.2, 0.25) is 5.88 Å². The Balaban J connectivity index is 1.45. The van der Waals surface area contributed by atoms with Crippen LogP contribution in [0.2, 0.25) is 0 Å². The van der Waals surface area contributed by atoms with Gasteiger partial charge < -0.3 is 14.5 Å². The Morgan fingerprint density at radius 2 is 1.79 bits per heavy atom. The van der Waals surface area contributed by atoms with Crippen LogP contribution >= 0.6 is 0 Å². The molecule has 1 saturated heterocycles. The molecule has 2 amide bonds. The number of hydroxylamine groups is 1. The topological polar surface area (TPSA) is 129 Å². The third kappa shape index (κ3) is 4.10. The first-order valence-electron chi connectivity index (χ1n) is 12.0. The molecule has 0 radical (unpaired) electrons. The number of carbonyl (C=O) groups excluding carboxylic acids is 1. The van der Waals surface area contributed by atoms with Crippen LogP contribution in [-0.2, 0) is 47.1 Å². The zero-order valence-electron chi connectivity index (χ0n) is 19.3. The van der Waals surface area contributed by atoms with Crippen molar-refractivity contribution in [3.05, 3.63) is 45.3 Å². The van der Waals surface area contributed by atoms with E-state index in [9.17, 15) is 18.4 Å². The lowest BCUT2D eigenvalue weighted by Gasteiger charge is -2.34. The minimum absolute atomic E-state index is 0.0496. The molecule has 34 heavy (non-hydrogen) atoms. The molecule has 184 valence electrons. The SMILES string of the molecule is CCc1cc(N(C2CCOCC2)S(=O)(=O)[NH+]([O-])C(=O)Nc2c3c(cc4c2CCC4)CCC3)on1. The molecular weight excluding hydrogens is 460 g/mol. The van der Waals surface area contributed by atoms with Gasteiger partial charge in [-0.3, -0.25) is 5.32 Å². The Morgan fingerprint density at radius 3 is 2.38 bits per heavy atom. The normalized spacial score (nSPS) is 19.0. The van der Waals surface area contributed by atoms with Crippen molar-refractivity contribution in [2.24, 2.45) is 0 Å². The second-order valence-corrected chi connectivity index (χ2v) is 10.8. The van der Waals surface area contributed by atoms with E-state index in [1.807, 2.05) is 6.92 Å². The highest BCUT2D eigenvalue weighted by molar-refractivity contribution is 7.86. The lowest BCUT2D eigenvalue weighted by atomic mass is 9.99. The molecule has 2 aliphatic carbocycles. The highest BCUT2D eigenvalue weighted by Gasteiger charge is 2.42. The maximum Gasteiger partial charge on any atom is 0.436 e. The molecule has 2 aromatic rings. The summed E-state index contributed by atoms with van der Waals surface area (Å²) >= 11 is 0. The number of ether oxygens (including phenoxy) is 1. The fourth-order valence-electron chi connectivity index (χ4n) is 5.32. The number of hydrogen-bond acceptors (Lipinski definition) is 7. The van der Waals surface area contributed by atoms with E-state index in [1.54, 1.807) is 0 Å². The Bertz CT molecular complexity index is 1160. The number of amides is 2. The van der Waals surface area contributed by atoms with E-state index in [1.165, 1.54) is 17.2 Å². The maximum atomic E-state index is 13.5. The maximum absolute atomic E-state index is 13.5. The first-order valence-corrected chi connectivity index (χ1v) is 13.4. The third-order valence-electron chi connectivity index (χ3n) is 7.04.